The molecule has 9 heteroatoms. The molecule has 0 unspecified atom stereocenters. The Morgan fingerprint density at radius 1 is 1.14 bits per heavy atom. The van der Waals surface area contributed by atoms with Gasteiger partial charge in [0.2, 0.25) is 5.91 Å². The minimum absolute atomic E-state index is 0.0773. The van der Waals surface area contributed by atoms with E-state index in [1.165, 1.54) is 16.8 Å². The molecule has 0 aliphatic carbocycles. The summed E-state index contributed by atoms with van der Waals surface area (Å²) in [6.07, 6.45) is 5.59. The van der Waals surface area contributed by atoms with Gasteiger partial charge >= 0.3 is 0 Å². The first-order valence-electron chi connectivity index (χ1n) is 9.76. The summed E-state index contributed by atoms with van der Waals surface area (Å²) in [6, 6.07) is 7.73. The molecule has 1 aromatic heterocycles. The summed E-state index contributed by atoms with van der Waals surface area (Å²) >= 11 is 0. The third kappa shape index (κ3) is 3.64. The van der Waals surface area contributed by atoms with Crippen molar-refractivity contribution in [1.29, 1.82) is 0 Å². The van der Waals surface area contributed by atoms with Crippen LogP contribution in [-0.4, -0.2) is 58.8 Å². The van der Waals surface area contributed by atoms with E-state index < -0.39 is 10.0 Å². The monoisotopic (exact) mass is 418 g/mol. The van der Waals surface area contributed by atoms with Gasteiger partial charge in [-0.25, -0.2) is 13.4 Å². The van der Waals surface area contributed by atoms with E-state index in [1.54, 1.807) is 18.7 Å². The zero-order valence-electron chi connectivity index (χ0n) is 16.7. The summed E-state index contributed by atoms with van der Waals surface area (Å²) in [6.45, 7) is 1.33. The van der Waals surface area contributed by atoms with Crippen LogP contribution in [0.3, 0.4) is 0 Å². The number of likely N-dealkylation sites (tertiary alicyclic amines) is 1. The maximum atomic E-state index is 12.9. The van der Waals surface area contributed by atoms with Crippen LogP contribution in [0.1, 0.15) is 31.2 Å². The van der Waals surface area contributed by atoms with Crippen molar-refractivity contribution in [3.8, 4) is 5.75 Å². The molecular formula is C20H26N4O4S. The van der Waals surface area contributed by atoms with Crippen molar-refractivity contribution < 1.29 is 17.9 Å². The van der Waals surface area contributed by atoms with Gasteiger partial charge in [-0.2, -0.15) is 4.31 Å². The lowest BCUT2D eigenvalue weighted by Crippen LogP contribution is -2.53. The first-order valence-corrected chi connectivity index (χ1v) is 11.2. The lowest BCUT2D eigenvalue weighted by atomic mass is 9.85. The molecule has 0 N–H and O–H groups in total. The molecule has 2 aliphatic heterocycles. The van der Waals surface area contributed by atoms with E-state index in [4.69, 9.17) is 4.74 Å². The summed E-state index contributed by atoms with van der Waals surface area (Å²) in [5.41, 5.74) is 0.775. The number of ether oxygens (including phenoxy) is 1. The van der Waals surface area contributed by atoms with Crippen LogP contribution in [0.2, 0.25) is 0 Å². The highest BCUT2D eigenvalue weighted by Gasteiger charge is 2.48. The fourth-order valence-corrected chi connectivity index (χ4v) is 5.77. The zero-order valence-corrected chi connectivity index (χ0v) is 17.6. The Hall–Kier alpha value is -2.39. The number of benzene rings is 1. The number of hydrogen-bond acceptors (Lipinski definition) is 5. The van der Waals surface area contributed by atoms with Crippen LogP contribution in [0.15, 0.2) is 41.8 Å². The molecule has 29 heavy (non-hydrogen) atoms. The Morgan fingerprint density at radius 3 is 2.41 bits per heavy atom. The lowest BCUT2D eigenvalue weighted by molar-refractivity contribution is -0.133. The number of methoxy groups -OCH3 is 1. The molecular weight excluding hydrogens is 392 g/mol. The fraction of sp³-hybridized carbons (Fsp3) is 0.500. The van der Waals surface area contributed by atoms with Gasteiger partial charge in [0.1, 0.15) is 5.75 Å². The number of carbonyl (C=O) groups excluding carboxylic acids is 1. The molecule has 2 fully saturated rings. The van der Waals surface area contributed by atoms with Gasteiger partial charge in [-0.3, -0.25) is 4.79 Å². The Labute approximate surface area is 171 Å². The van der Waals surface area contributed by atoms with Crippen LogP contribution in [0.5, 0.6) is 5.75 Å². The average Bonchev–Trinajstić information content (AvgIpc) is 3.29. The van der Waals surface area contributed by atoms with Crippen molar-refractivity contribution in [2.75, 3.05) is 20.2 Å². The molecule has 4 rings (SSSR count). The average molecular weight is 419 g/mol. The van der Waals surface area contributed by atoms with Crippen LogP contribution in [-0.2, 0) is 28.4 Å². The quantitative estimate of drug-likeness (QED) is 0.739. The number of aryl methyl sites for hydroxylation is 1. The number of rotatable bonds is 5. The molecule has 1 aromatic carbocycles. The topological polar surface area (TPSA) is 84.7 Å². The molecule has 0 saturated carbocycles. The number of piperidine rings is 1. The molecule has 2 aromatic rings. The summed E-state index contributed by atoms with van der Waals surface area (Å²) < 4.78 is 34.0. The number of hydrogen-bond donors (Lipinski definition) is 0. The Kier molecular flexibility index (Phi) is 5.12. The number of amides is 1. The predicted molar refractivity (Wildman–Crippen MR) is 107 cm³/mol. The molecule has 0 bridgehead atoms. The molecule has 2 saturated heterocycles. The molecule has 8 nitrogen and oxygen atoms in total. The van der Waals surface area contributed by atoms with E-state index in [0.717, 1.165) is 17.7 Å². The molecule has 3 heterocycles. The van der Waals surface area contributed by atoms with Gasteiger partial charge < -0.3 is 14.2 Å². The number of sulfonamides is 1. The second kappa shape index (κ2) is 7.46. The number of imidazole rings is 1. The summed E-state index contributed by atoms with van der Waals surface area (Å²) in [5.74, 6) is 0.922. The van der Waals surface area contributed by atoms with Crippen molar-refractivity contribution in [3.63, 3.8) is 0 Å². The third-order valence-electron chi connectivity index (χ3n) is 6.12. The van der Waals surface area contributed by atoms with E-state index in [1.807, 2.05) is 29.2 Å². The highest BCUT2D eigenvalue weighted by Crippen LogP contribution is 2.41. The Bertz CT molecular complexity index is 992. The van der Waals surface area contributed by atoms with Crippen LogP contribution in [0, 0.1) is 0 Å². The maximum Gasteiger partial charge on any atom is 0.262 e. The van der Waals surface area contributed by atoms with Crippen LogP contribution in [0.4, 0.5) is 0 Å². The summed E-state index contributed by atoms with van der Waals surface area (Å²) in [7, 11) is -0.227. The molecule has 156 valence electrons. The summed E-state index contributed by atoms with van der Waals surface area (Å²) in [4.78, 5) is 18.6. The normalized spacial score (nSPS) is 19.8. The molecule has 0 atom stereocenters. The standard InChI is InChI=1S/C20H26N4O4S/c1-22-14-18(21-15-22)29(26,27)23-11-9-20(10-12-23)8-7-19(25)24(20)13-16-3-5-17(28-2)6-4-16/h3-6,14-15H,7-13H2,1-2H3. The van der Waals surface area contributed by atoms with Crippen molar-refractivity contribution in [1.82, 2.24) is 18.8 Å². The minimum atomic E-state index is -3.60. The Balaban J connectivity index is 1.49. The van der Waals surface area contributed by atoms with Crippen LogP contribution >= 0.6 is 0 Å². The van der Waals surface area contributed by atoms with Crippen molar-refractivity contribution >= 4 is 15.9 Å². The van der Waals surface area contributed by atoms with Crippen LogP contribution in [0.25, 0.3) is 0 Å². The highest BCUT2D eigenvalue weighted by atomic mass is 32.2. The van der Waals surface area contributed by atoms with E-state index >= 15 is 0 Å². The minimum Gasteiger partial charge on any atom is -0.497 e. The second-order valence-electron chi connectivity index (χ2n) is 7.83. The van der Waals surface area contributed by atoms with Gasteiger partial charge in [0.05, 0.1) is 13.4 Å². The largest absolute Gasteiger partial charge is 0.497 e. The lowest BCUT2D eigenvalue weighted by Gasteiger charge is -2.44. The number of aromatic nitrogens is 2. The fourth-order valence-electron chi connectivity index (χ4n) is 4.36. The Morgan fingerprint density at radius 2 is 1.83 bits per heavy atom. The summed E-state index contributed by atoms with van der Waals surface area (Å²) in [5, 5.41) is 0.0773. The van der Waals surface area contributed by atoms with Crippen LogP contribution < -0.4 is 4.74 Å². The van der Waals surface area contributed by atoms with Crippen molar-refractivity contribution in [2.24, 2.45) is 7.05 Å². The number of nitrogens with zero attached hydrogens (tertiary/aromatic N) is 4. The van der Waals surface area contributed by atoms with Gasteiger partial charge in [-0.15, -0.1) is 0 Å². The zero-order chi connectivity index (χ0) is 20.6. The smallest absolute Gasteiger partial charge is 0.262 e. The molecule has 2 aliphatic rings. The molecule has 1 amide bonds. The van der Waals surface area contributed by atoms with Gasteiger partial charge in [0, 0.05) is 44.8 Å². The highest BCUT2D eigenvalue weighted by molar-refractivity contribution is 7.89. The molecule has 1 spiro atoms. The van der Waals surface area contributed by atoms with Gasteiger partial charge in [-0.05, 0) is 37.0 Å². The van der Waals surface area contributed by atoms with E-state index in [9.17, 15) is 13.2 Å². The SMILES string of the molecule is COc1ccc(CN2C(=O)CCC23CCN(S(=O)(=O)c2cn(C)cn2)CC3)cc1. The van der Waals surface area contributed by atoms with Crippen molar-refractivity contribution in [2.45, 2.75) is 42.8 Å². The first kappa shape index (κ1) is 19.9. The van der Waals surface area contributed by atoms with E-state index in [-0.39, 0.29) is 16.5 Å². The maximum absolute atomic E-state index is 12.9. The predicted octanol–water partition coefficient (Wildman–Crippen LogP) is 1.77. The van der Waals surface area contributed by atoms with Gasteiger partial charge in [0.25, 0.3) is 10.0 Å². The van der Waals surface area contributed by atoms with E-state index in [2.05, 4.69) is 4.98 Å². The first-order chi connectivity index (χ1) is 13.8. The second-order valence-corrected chi connectivity index (χ2v) is 9.72. The van der Waals surface area contributed by atoms with E-state index in [0.29, 0.717) is 38.9 Å². The third-order valence-corrected chi connectivity index (χ3v) is 7.90. The van der Waals surface area contributed by atoms with Crippen molar-refractivity contribution in [3.05, 3.63) is 42.4 Å². The molecule has 0 radical (unpaired) electrons. The van der Waals surface area contributed by atoms with Gasteiger partial charge in [0.15, 0.2) is 5.03 Å². The number of carbonyl (C=O) groups is 1. The van der Waals surface area contributed by atoms with Gasteiger partial charge in [-0.1, -0.05) is 12.1 Å².